The van der Waals surface area contributed by atoms with Gasteiger partial charge in [0.05, 0.1) is 22.4 Å². The Hall–Kier alpha value is -3.07. The largest absolute Gasteiger partial charge is 0.366 e. The number of piperazine rings is 1. The number of carbonyl (C=O) groups is 1. The summed E-state index contributed by atoms with van der Waals surface area (Å²) < 4.78 is 0. The maximum atomic E-state index is 13.3. The van der Waals surface area contributed by atoms with Crippen LogP contribution in [-0.4, -0.2) is 55.3 Å². The Kier molecular flexibility index (Phi) is 8.42. The number of carbonyl (C=O) groups excluding carboxylic acids is 1. The molecule has 37 heavy (non-hydrogen) atoms. The lowest BCUT2D eigenvalue weighted by molar-refractivity contribution is 0.0982. The topological polar surface area (TPSA) is 76.6 Å². The fourth-order valence-corrected chi connectivity index (χ4v) is 5.27. The summed E-state index contributed by atoms with van der Waals surface area (Å²) in [5, 5.41) is 7.54. The first-order chi connectivity index (χ1) is 17.8. The molecular formula is C27H33Cl2N7O. The van der Waals surface area contributed by atoms with E-state index < -0.39 is 0 Å². The minimum atomic E-state index is -0.245. The van der Waals surface area contributed by atoms with Crippen LogP contribution in [0.5, 0.6) is 0 Å². The highest BCUT2D eigenvalue weighted by Gasteiger charge is 2.32. The summed E-state index contributed by atoms with van der Waals surface area (Å²) in [6.45, 7) is 11.6. The Morgan fingerprint density at radius 1 is 1.14 bits per heavy atom. The van der Waals surface area contributed by atoms with Crippen LogP contribution in [0.25, 0.3) is 0 Å². The summed E-state index contributed by atoms with van der Waals surface area (Å²) in [4.78, 5) is 28.2. The number of aromatic nitrogens is 2. The van der Waals surface area contributed by atoms with Crippen molar-refractivity contribution >= 4 is 57.9 Å². The number of hydrogen-bond acceptors (Lipinski definition) is 7. The van der Waals surface area contributed by atoms with Gasteiger partial charge in [0, 0.05) is 50.3 Å². The number of anilines is 5. The number of halogens is 2. The van der Waals surface area contributed by atoms with Crippen molar-refractivity contribution in [3.05, 3.63) is 63.8 Å². The summed E-state index contributed by atoms with van der Waals surface area (Å²) in [6, 6.07) is 11.9. The molecule has 8 nitrogen and oxygen atoms in total. The first kappa shape index (κ1) is 27.0. The van der Waals surface area contributed by atoms with Crippen molar-refractivity contribution in [3.63, 3.8) is 0 Å². The summed E-state index contributed by atoms with van der Waals surface area (Å²) in [7, 11) is 1.87. The smallest absolute Gasteiger partial charge is 0.265 e. The van der Waals surface area contributed by atoms with Gasteiger partial charge in [-0.25, -0.2) is 4.98 Å². The van der Waals surface area contributed by atoms with E-state index in [9.17, 15) is 4.79 Å². The molecule has 2 aliphatic rings. The summed E-state index contributed by atoms with van der Waals surface area (Å²) in [5.41, 5.74) is 4.18. The van der Waals surface area contributed by atoms with Gasteiger partial charge in [0.1, 0.15) is 11.4 Å². The summed E-state index contributed by atoms with van der Waals surface area (Å²) in [5.74, 6) is 0.732. The molecule has 2 N–H and O–H groups in total. The van der Waals surface area contributed by atoms with Crippen LogP contribution in [0.2, 0.25) is 10.0 Å². The Labute approximate surface area is 228 Å². The normalized spacial score (nSPS) is 17.2. The highest BCUT2D eigenvalue weighted by molar-refractivity contribution is 6.40. The van der Waals surface area contributed by atoms with Crippen LogP contribution < -0.4 is 25.3 Å². The molecule has 1 atom stereocenters. The fraction of sp³-hybridized carbons (Fsp3) is 0.370. The number of aryl methyl sites for hydroxylation is 1. The Morgan fingerprint density at radius 3 is 2.54 bits per heavy atom. The predicted octanol–water partition coefficient (Wildman–Crippen LogP) is 5.71. The second-order valence-electron chi connectivity index (χ2n) is 8.95. The van der Waals surface area contributed by atoms with Gasteiger partial charge in [-0.05, 0) is 49.7 Å². The molecule has 196 valence electrons. The molecule has 0 bridgehead atoms. The van der Waals surface area contributed by atoms with Gasteiger partial charge in [-0.2, -0.15) is 4.98 Å². The van der Waals surface area contributed by atoms with Crippen LogP contribution in [0, 0.1) is 6.92 Å². The number of nitrogens with one attached hydrogen (secondary N) is 2. The van der Waals surface area contributed by atoms with E-state index in [2.05, 4.69) is 51.5 Å². The third-order valence-electron chi connectivity index (χ3n) is 6.43. The lowest BCUT2D eigenvalue weighted by Crippen LogP contribution is -2.50. The zero-order valence-electron chi connectivity index (χ0n) is 21.8. The van der Waals surface area contributed by atoms with Gasteiger partial charge in [-0.15, -0.1) is 0 Å². The zero-order chi connectivity index (χ0) is 26.7. The Morgan fingerprint density at radius 2 is 1.86 bits per heavy atom. The van der Waals surface area contributed by atoms with Gasteiger partial charge >= 0.3 is 0 Å². The van der Waals surface area contributed by atoms with Crippen LogP contribution in [-0.2, 0) is 0 Å². The molecule has 2 aliphatic heterocycles. The molecule has 1 amide bonds. The van der Waals surface area contributed by atoms with E-state index in [4.69, 9.17) is 23.2 Å². The fourth-order valence-electron chi connectivity index (χ4n) is 4.67. The second-order valence-corrected chi connectivity index (χ2v) is 9.76. The van der Waals surface area contributed by atoms with E-state index >= 15 is 0 Å². The number of rotatable bonds is 4. The molecule has 1 fully saturated rings. The van der Waals surface area contributed by atoms with Crippen LogP contribution >= 0.6 is 23.2 Å². The molecule has 0 saturated carbocycles. The molecule has 0 spiro atoms. The van der Waals surface area contributed by atoms with Gasteiger partial charge in [-0.1, -0.05) is 43.1 Å². The third kappa shape index (κ3) is 5.46. The van der Waals surface area contributed by atoms with Crippen molar-refractivity contribution in [1.82, 2.24) is 15.3 Å². The average molecular weight is 543 g/mol. The SMILES string of the molecule is CC.Cc1cc(Nc2ncc3c(n2)N(C)CN(c2c(Cl)cccc2Cl)C3=O)ccc1N1CCNC[C@H]1C. The molecule has 1 aromatic heterocycles. The maximum Gasteiger partial charge on any atom is 0.265 e. The van der Waals surface area contributed by atoms with Crippen molar-refractivity contribution in [2.45, 2.75) is 33.7 Å². The minimum Gasteiger partial charge on any atom is -0.366 e. The van der Waals surface area contributed by atoms with E-state index in [0.717, 1.165) is 25.3 Å². The summed E-state index contributed by atoms with van der Waals surface area (Å²) in [6.07, 6.45) is 1.55. The van der Waals surface area contributed by atoms with Crippen molar-refractivity contribution in [2.24, 2.45) is 0 Å². The van der Waals surface area contributed by atoms with Crippen molar-refractivity contribution in [1.29, 1.82) is 0 Å². The number of hydrogen-bond donors (Lipinski definition) is 2. The highest BCUT2D eigenvalue weighted by atomic mass is 35.5. The first-order valence-corrected chi connectivity index (χ1v) is 13.3. The van der Waals surface area contributed by atoms with Gasteiger partial charge in [-0.3, -0.25) is 9.69 Å². The number of fused-ring (bicyclic) bond motifs is 1. The number of benzene rings is 2. The maximum absolute atomic E-state index is 13.3. The molecule has 3 heterocycles. The highest BCUT2D eigenvalue weighted by Crippen LogP contribution is 2.37. The van der Waals surface area contributed by atoms with Crippen LogP contribution in [0.1, 0.15) is 36.7 Å². The van der Waals surface area contributed by atoms with Crippen molar-refractivity contribution < 1.29 is 4.79 Å². The average Bonchev–Trinajstić information content (AvgIpc) is 2.89. The van der Waals surface area contributed by atoms with Gasteiger partial charge in [0.15, 0.2) is 0 Å². The summed E-state index contributed by atoms with van der Waals surface area (Å²) >= 11 is 12.7. The molecule has 0 aliphatic carbocycles. The zero-order valence-corrected chi connectivity index (χ0v) is 23.4. The molecule has 5 rings (SSSR count). The quantitative estimate of drug-likeness (QED) is 0.437. The number of nitrogens with zero attached hydrogens (tertiary/aromatic N) is 5. The molecule has 0 radical (unpaired) electrons. The van der Waals surface area contributed by atoms with E-state index in [1.165, 1.54) is 11.3 Å². The second kappa shape index (κ2) is 11.5. The van der Waals surface area contributed by atoms with Crippen LogP contribution in [0.15, 0.2) is 42.6 Å². The van der Waals surface area contributed by atoms with Gasteiger partial charge < -0.3 is 20.4 Å². The molecular weight excluding hydrogens is 509 g/mol. The van der Waals surface area contributed by atoms with Crippen LogP contribution in [0.3, 0.4) is 0 Å². The minimum absolute atomic E-state index is 0.245. The molecule has 2 aromatic carbocycles. The number of para-hydroxylation sites is 1. The van der Waals surface area contributed by atoms with Crippen molar-refractivity contribution in [2.75, 3.05) is 53.4 Å². The molecule has 1 saturated heterocycles. The van der Waals surface area contributed by atoms with Crippen LogP contribution in [0.4, 0.5) is 28.8 Å². The van der Waals surface area contributed by atoms with Crippen molar-refractivity contribution in [3.8, 4) is 0 Å². The first-order valence-electron chi connectivity index (χ1n) is 12.5. The van der Waals surface area contributed by atoms with E-state index in [1.54, 1.807) is 29.3 Å². The predicted molar refractivity (Wildman–Crippen MR) is 154 cm³/mol. The lowest BCUT2D eigenvalue weighted by Gasteiger charge is -2.37. The lowest BCUT2D eigenvalue weighted by atomic mass is 10.1. The van der Waals surface area contributed by atoms with E-state index in [1.807, 2.05) is 31.9 Å². The number of amides is 1. The monoisotopic (exact) mass is 541 g/mol. The van der Waals surface area contributed by atoms with E-state index in [0.29, 0.717) is 39.1 Å². The Balaban J connectivity index is 0.00000156. The van der Waals surface area contributed by atoms with E-state index in [-0.39, 0.29) is 12.6 Å². The third-order valence-corrected chi connectivity index (χ3v) is 7.04. The van der Waals surface area contributed by atoms with Gasteiger partial charge in [0.25, 0.3) is 5.91 Å². The van der Waals surface area contributed by atoms with Gasteiger partial charge in [0.2, 0.25) is 5.95 Å². The standard InChI is InChI=1S/C25H27Cl2N7O.C2H6/c1-15-11-17(7-8-21(15)33-10-9-28-12-16(33)2)30-25-29-13-18-23(31-25)32(3)14-34(24(18)35)22-19(26)5-4-6-20(22)27;1-2/h4-8,11,13,16,28H,9-10,12,14H2,1-3H3,(H,29,30,31);1-2H3/t16-;/m1./s1. The Bertz CT molecular complexity index is 1270. The molecule has 10 heteroatoms. The molecule has 0 unspecified atom stereocenters. The molecule has 3 aromatic rings.